The Morgan fingerprint density at radius 2 is 1.79 bits per heavy atom. The Labute approximate surface area is 177 Å². The van der Waals surface area contributed by atoms with E-state index in [9.17, 15) is 5.11 Å². The van der Waals surface area contributed by atoms with Crippen LogP contribution in [0.3, 0.4) is 0 Å². The summed E-state index contributed by atoms with van der Waals surface area (Å²) in [5.74, 6) is 1.13. The molecule has 0 amide bonds. The smallest absolute Gasteiger partial charge is 0.147 e. The predicted octanol–water partition coefficient (Wildman–Crippen LogP) is 4.67. The molecule has 3 heterocycles. The fourth-order valence-electron chi connectivity index (χ4n) is 4.00. The molecule has 0 unspecified atom stereocenters. The fourth-order valence-corrected chi connectivity index (χ4v) is 4.89. The average Bonchev–Trinajstić information content (AvgIpc) is 3.22. The molecule has 1 N–H and O–H groups in total. The molecular weight excluding hydrogens is 378 g/mol. The van der Waals surface area contributed by atoms with Gasteiger partial charge in [0.15, 0.2) is 0 Å². The Kier molecular flexibility index (Phi) is 5.91. The minimum absolute atomic E-state index is 0.0941. The van der Waals surface area contributed by atoms with E-state index in [-0.39, 0.29) is 12.0 Å². The van der Waals surface area contributed by atoms with E-state index >= 15 is 0 Å². The second-order valence-corrected chi connectivity index (χ2v) is 9.70. The van der Waals surface area contributed by atoms with Crippen LogP contribution in [0.25, 0.3) is 21.3 Å². The molecular formula is C24H31N3OS. The van der Waals surface area contributed by atoms with Crippen LogP contribution in [-0.4, -0.2) is 54.3 Å². The number of piperazine rings is 1. The van der Waals surface area contributed by atoms with Gasteiger partial charge in [-0.1, -0.05) is 45.0 Å². The van der Waals surface area contributed by atoms with Crippen molar-refractivity contribution in [3.63, 3.8) is 0 Å². The summed E-state index contributed by atoms with van der Waals surface area (Å²) in [5.41, 5.74) is 3.34. The molecule has 1 aromatic carbocycles. The van der Waals surface area contributed by atoms with E-state index in [1.54, 1.807) is 11.3 Å². The SMILES string of the molecule is CCN1CCN(c2nc(-c3ccc(CC(C)(C)CO)cc3)cc3ccsc23)CC1. The number of likely N-dealkylation sites (N-methyl/N-ethyl adjacent to an activating group) is 1. The number of rotatable bonds is 6. The van der Waals surface area contributed by atoms with Gasteiger partial charge in [-0.2, -0.15) is 0 Å². The lowest BCUT2D eigenvalue weighted by atomic mass is 9.86. The Balaban J connectivity index is 1.63. The van der Waals surface area contributed by atoms with Crippen LogP contribution in [0.2, 0.25) is 0 Å². The van der Waals surface area contributed by atoms with Crippen LogP contribution in [0.15, 0.2) is 41.8 Å². The number of aromatic nitrogens is 1. The average molecular weight is 410 g/mol. The van der Waals surface area contributed by atoms with Crippen molar-refractivity contribution in [3.05, 3.63) is 47.3 Å². The van der Waals surface area contributed by atoms with Crippen molar-refractivity contribution in [2.45, 2.75) is 27.2 Å². The van der Waals surface area contributed by atoms with E-state index < -0.39 is 0 Å². The van der Waals surface area contributed by atoms with E-state index in [2.05, 4.69) is 72.3 Å². The molecule has 29 heavy (non-hydrogen) atoms. The quantitative estimate of drug-likeness (QED) is 0.642. The summed E-state index contributed by atoms with van der Waals surface area (Å²) >= 11 is 1.79. The third kappa shape index (κ3) is 4.47. The number of hydrogen-bond donors (Lipinski definition) is 1. The van der Waals surface area contributed by atoms with Crippen molar-refractivity contribution in [2.24, 2.45) is 5.41 Å². The first-order valence-electron chi connectivity index (χ1n) is 10.5. The van der Waals surface area contributed by atoms with Crippen LogP contribution in [0, 0.1) is 5.41 Å². The number of benzene rings is 1. The van der Waals surface area contributed by atoms with Crippen molar-refractivity contribution in [2.75, 3.05) is 44.2 Å². The molecule has 0 spiro atoms. The normalized spacial score (nSPS) is 15.9. The maximum atomic E-state index is 9.54. The lowest BCUT2D eigenvalue weighted by Gasteiger charge is -2.35. The second-order valence-electron chi connectivity index (χ2n) is 8.79. The van der Waals surface area contributed by atoms with Gasteiger partial charge in [0.25, 0.3) is 0 Å². The van der Waals surface area contributed by atoms with E-state index in [1.807, 2.05) is 0 Å². The Morgan fingerprint density at radius 1 is 1.07 bits per heavy atom. The standard InChI is InChI=1S/C24H31N3OS/c1-4-26-10-12-27(13-11-26)23-22-20(9-14-29-22)15-21(25-23)19-7-5-18(6-8-19)16-24(2,3)17-28/h5-9,14-15,28H,4,10-13,16-17H2,1-3H3. The summed E-state index contributed by atoms with van der Waals surface area (Å²) in [6.07, 6.45) is 0.869. The van der Waals surface area contributed by atoms with Crippen LogP contribution < -0.4 is 4.90 Å². The highest BCUT2D eigenvalue weighted by Crippen LogP contribution is 2.34. The highest BCUT2D eigenvalue weighted by molar-refractivity contribution is 7.17. The molecule has 0 aliphatic carbocycles. The monoisotopic (exact) mass is 409 g/mol. The van der Waals surface area contributed by atoms with E-state index in [1.165, 1.54) is 15.6 Å². The van der Waals surface area contributed by atoms with Gasteiger partial charge in [-0.15, -0.1) is 11.3 Å². The molecule has 1 saturated heterocycles. The minimum Gasteiger partial charge on any atom is -0.396 e. The van der Waals surface area contributed by atoms with Gasteiger partial charge in [0.2, 0.25) is 0 Å². The topological polar surface area (TPSA) is 39.6 Å². The van der Waals surface area contributed by atoms with E-state index in [0.717, 1.165) is 56.2 Å². The first-order chi connectivity index (χ1) is 14.0. The number of thiophene rings is 1. The van der Waals surface area contributed by atoms with Gasteiger partial charge < -0.3 is 14.9 Å². The van der Waals surface area contributed by atoms with Gasteiger partial charge in [-0.25, -0.2) is 4.98 Å². The number of pyridine rings is 1. The highest BCUT2D eigenvalue weighted by atomic mass is 32.1. The van der Waals surface area contributed by atoms with Crippen LogP contribution in [0.1, 0.15) is 26.3 Å². The predicted molar refractivity (Wildman–Crippen MR) is 124 cm³/mol. The zero-order valence-corrected chi connectivity index (χ0v) is 18.5. The first kappa shape index (κ1) is 20.3. The molecule has 0 atom stereocenters. The van der Waals surface area contributed by atoms with Gasteiger partial charge in [0.1, 0.15) is 5.82 Å². The van der Waals surface area contributed by atoms with Gasteiger partial charge in [0.05, 0.1) is 10.4 Å². The molecule has 4 nitrogen and oxygen atoms in total. The Bertz CT molecular complexity index is 956. The zero-order valence-electron chi connectivity index (χ0n) is 17.7. The summed E-state index contributed by atoms with van der Waals surface area (Å²) in [7, 11) is 0. The molecule has 1 fully saturated rings. The van der Waals surface area contributed by atoms with Crippen LogP contribution in [-0.2, 0) is 6.42 Å². The third-order valence-corrected chi connectivity index (χ3v) is 6.82. The maximum absolute atomic E-state index is 9.54. The minimum atomic E-state index is -0.0941. The van der Waals surface area contributed by atoms with E-state index in [0.29, 0.717) is 0 Å². The third-order valence-electron chi connectivity index (χ3n) is 5.90. The Morgan fingerprint density at radius 3 is 2.45 bits per heavy atom. The maximum Gasteiger partial charge on any atom is 0.147 e. The molecule has 0 radical (unpaired) electrons. The number of anilines is 1. The molecule has 4 rings (SSSR count). The molecule has 154 valence electrons. The zero-order chi connectivity index (χ0) is 20.4. The van der Waals surface area contributed by atoms with Crippen LogP contribution in [0.4, 0.5) is 5.82 Å². The number of nitrogens with zero attached hydrogens (tertiary/aromatic N) is 3. The summed E-state index contributed by atoms with van der Waals surface area (Å²) in [5, 5.41) is 13.0. The molecule has 2 aromatic heterocycles. The molecule has 1 aliphatic rings. The Hall–Kier alpha value is -1.95. The van der Waals surface area contributed by atoms with Gasteiger partial charge >= 0.3 is 0 Å². The van der Waals surface area contributed by atoms with E-state index in [4.69, 9.17) is 4.98 Å². The van der Waals surface area contributed by atoms with Crippen molar-refractivity contribution in [1.82, 2.24) is 9.88 Å². The van der Waals surface area contributed by atoms with Crippen LogP contribution in [0.5, 0.6) is 0 Å². The van der Waals surface area contributed by atoms with Gasteiger partial charge in [-0.05, 0) is 46.8 Å². The summed E-state index contributed by atoms with van der Waals surface area (Å²) in [6.45, 7) is 12.0. The fraction of sp³-hybridized carbons (Fsp3) is 0.458. The summed E-state index contributed by atoms with van der Waals surface area (Å²) in [4.78, 5) is 10.1. The van der Waals surface area contributed by atoms with Crippen molar-refractivity contribution in [1.29, 1.82) is 0 Å². The number of fused-ring (bicyclic) bond motifs is 1. The van der Waals surface area contributed by atoms with Crippen molar-refractivity contribution < 1.29 is 5.11 Å². The largest absolute Gasteiger partial charge is 0.396 e. The first-order valence-corrected chi connectivity index (χ1v) is 11.4. The summed E-state index contributed by atoms with van der Waals surface area (Å²) < 4.78 is 1.29. The van der Waals surface area contributed by atoms with Gasteiger partial charge in [-0.3, -0.25) is 0 Å². The van der Waals surface area contributed by atoms with Crippen LogP contribution >= 0.6 is 11.3 Å². The molecule has 3 aromatic rings. The lowest BCUT2D eigenvalue weighted by Crippen LogP contribution is -2.46. The molecule has 0 saturated carbocycles. The molecule has 0 bridgehead atoms. The second kappa shape index (κ2) is 8.42. The van der Waals surface area contributed by atoms with Crippen molar-refractivity contribution in [3.8, 4) is 11.3 Å². The molecule has 1 aliphatic heterocycles. The molecule has 5 heteroatoms. The lowest BCUT2D eigenvalue weighted by molar-refractivity contribution is 0.159. The van der Waals surface area contributed by atoms with Gasteiger partial charge in [0, 0.05) is 38.3 Å². The number of hydrogen-bond acceptors (Lipinski definition) is 5. The highest BCUT2D eigenvalue weighted by Gasteiger charge is 2.21. The number of aliphatic hydroxyl groups is 1. The summed E-state index contributed by atoms with van der Waals surface area (Å²) in [6, 6.07) is 13.1. The number of aliphatic hydroxyl groups excluding tert-OH is 1. The van der Waals surface area contributed by atoms with Crippen molar-refractivity contribution >= 4 is 27.2 Å².